The van der Waals surface area contributed by atoms with E-state index in [2.05, 4.69) is 31.7 Å². The standard InChI is InChI=1S/C18H19FN6/c19-16-6-1-4-15(14-16)5-2-7-21-17(20)24-10-12-25(13-11-24)18-22-8-3-9-23-18/h1,3-4,6,8-9,14H,7,10-13H2,(H2,20,21). The van der Waals surface area contributed by atoms with Gasteiger partial charge >= 0.3 is 0 Å². The van der Waals surface area contributed by atoms with Crippen LogP contribution >= 0.6 is 0 Å². The van der Waals surface area contributed by atoms with Gasteiger partial charge in [-0.05, 0) is 24.3 Å². The third-order valence-electron chi connectivity index (χ3n) is 3.82. The summed E-state index contributed by atoms with van der Waals surface area (Å²) in [7, 11) is 0. The molecule has 0 radical (unpaired) electrons. The summed E-state index contributed by atoms with van der Waals surface area (Å²) < 4.78 is 13.1. The molecule has 0 saturated carbocycles. The highest BCUT2D eigenvalue weighted by molar-refractivity contribution is 5.78. The Morgan fingerprint density at radius 3 is 2.64 bits per heavy atom. The van der Waals surface area contributed by atoms with Crippen LogP contribution in [0.1, 0.15) is 5.56 Å². The Morgan fingerprint density at radius 1 is 1.16 bits per heavy atom. The minimum atomic E-state index is -0.296. The number of aliphatic imine (C=N–C) groups is 1. The van der Waals surface area contributed by atoms with E-state index in [4.69, 9.17) is 5.73 Å². The third kappa shape index (κ3) is 4.67. The molecule has 1 fully saturated rings. The number of nitrogens with zero attached hydrogens (tertiary/aromatic N) is 5. The zero-order chi connectivity index (χ0) is 17.5. The minimum absolute atomic E-state index is 0.282. The molecule has 1 aromatic heterocycles. The zero-order valence-electron chi connectivity index (χ0n) is 13.8. The summed E-state index contributed by atoms with van der Waals surface area (Å²) in [6, 6.07) is 7.97. The van der Waals surface area contributed by atoms with E-state index >= 15 is 0 Å². The lowest BCUT2D eigenvalue weighted by Gasteiger charge is -2.35. The molecule has 7 heteroatoms. The highest BCUT2D eigenvalue weighted by Crippen LogP contribution is 2.09. The van der Waals surface area contributed by atoms with Crippen molar-refractivity contribution in [3.8, 4) is 11.8 Å². The Hall–Kier alpha value is -3.14. The van der Waals surface area contributed by atoms with E-state index in [9.17, 15) is 4.39 Å². The largest absolute Gasteiger partial charge is 0.370 e. The van der Waals surface area contributed by atoms with Crippen molar-refractivity contribution in [2.75, 3.05) is 37.6 Å². The van der Waals surface area contributed by atoms with Gasteiger partial charge in [-0.25, -0.2) is 19.4 Å². The van der Waals surface area contributed by atoms with E-state index in [1.807, 2.05) is 4.90 Å². The van der Waals surface area contributed by atoms with Crippen LogP contribution in [-0.4, -0.2) is 53.6 Å². The molecule has 0 unspecified atom stereocenters. The van der Waals surface area contributed by atoms with Crippen molar-refractivity contribution in [1.82, 2.24) is 14.9 Å². The van der Waals surface area contributed by atoms with Crippen molar-refractivity contribution >= 4 is 11.9 Å². The van der Waals surface area contributed by atoms with Crippen LogP contribution in [0.3, 0.4) is 0 Å². The minimum Gasteiger partial charge on any atom is -0.370 e. The summed E-state index contributed by atoms with van der Waals surface area (Å²) in [5.41, 5.74) is 6.66. The number of nitrogens with two attached hydrogens (primary N) is 1. The molecule has 0 atom stereocenters. The maximum Gasteiger partial charge on any atom is 0.225 e. The summed E-state index contributed by atoms with van der Waals surface area (Å²) in [5, 5.41) is 0. The van der Waals surface area contributed by atoms with Crippen LogP contribution in [0.25, 0.3) is 0 Å². The second-order valence-electron chi connectivity index (χ2n) is 5.51. The maximum absolute atomic E-state index is 13.1. The molecule has 2 aromatic rings. The molecule has 3 rings (SSSR count). The second-order valence-corrected chi connectivity index (χ2v) is 5.51. The molecule has 0 amide bonds. The summed E-state index contributed by atoms with van der Waals surface area (Å²) in [4.78, 5) is 16.9. The Morgan fingerprint density at radius 2 is 1.92 bits per heavy atom. The lowest BCUT2D eigenvalue weighted by atomic mass is 10.2. The number of piperazine rings is 1. The van der Waals surface area contributed by atoms with Gasteiger partial charge in [0.1, 0.15) is 12.4 Å². The maximum atomic E-state index is 13.1. The molecule has 1 saturated heterocycles. The van der Waals surface area contributed by atoms with Crippen LogP contribution < -0.4 is 10.6 Å². The molecule has 2 heterocycles. The fourth-order valence-electron chi connectivity index (χ4n) is 2.52. The number of rotatable bonds is 2. The highest BCUT2D eigenvalue weighted by Gasteiger charge is 2.19. The normalized spacial score (nSPS) is 14.8. The Bertz CT molecular complexity index is 788. The van der Waals surface area contributed by atoms with Gasteiger partial charge in [0.05, 0.1) is 0 Å². The van der Waals surface area contributed by atoms with Crippen molar-refractivity contribution in [2.24, 2.45) is 10.7 Å². The molecule has 2 N–H and O–H groups in total. The van der Waals surface area contributed by atoms with Gasteiger partial charge in [-0.1, -0.05) is 17.9 Å². The van der Waals surface area contributed by atoms with Gasteiger partial charge < -0.3 is 15.5 Å². The van der Waals surface area contributed by atoms with Crippen molar-refractivity contribution in [2.45, 2.75) is 0 Å². The van der Waals surface area contributed by atoms with Gasteiger partial charge in [0, 0.05) is 44.1 Å². The van der Waals surface area contributed by atoms with Gasteiger partial charge in [-0.2, -0.15) is 0 Å². The van der Waals surface area contributed by atoms with Crippen LogP contribution in [0.15, 0.2) is 47.7 Å². The predicted octanol–water partition coefficient (Wildman–Crippen LogP) is 1.10. The molecule has 25 heavy (non-hydrogen) atoms. The molecule has 0 aliphatic carbocycles. The van der Waals surface area contributed by atoms with E-state index in [-0.39, 0.29) is 12.4 Å². The second kappa shape index (κ2) is 8.11. The smallest absolute Gasteiger partial charge is 0.225 e. The van der Waals surface area contributed by atoms with Gasteiger partial charge in [-0.3, -0.25) is 0 Å². The van der Waals surface area contributed by atoms with Gasteiger partial charge in [-0.15, -0.1) is 0 Å². The average molecular weight is 338 g/mol. The molecular weight excluding hydrogens is 319 g/mol. The van der Waals surface area contributed by atoms with Crippen molar-refractivity contribution in [3.05, 3.63) is 54.1 Å². The fourth-order valence-corrected chi connectivity index (χ4v) is 2.52. The van der Waals surface area contributed by atoms with E-state index in [1.54, 1.807) is 30.6 Å². The van der Waals surface area contributed by atoms with Crippen LogP contribution in [0, 0.1) is 17.7 Å². The molecule has 1 aliphatic heterocycles. The van der Waals surface area contributed by atoms with Crippen LogP contribution in [-0.2, 0) is 0 Å². The van der Waals surface area contributed by atoms with Gasteiger partial charge in [0.15, 0.2) is 5.96 Å². The van der Waals surface area contributed by atoms with E-state index in [1.165, 1.54) is 12.1 Å². The highest BCUT2D eigenvalue weighted by atomic mass is 19.1. The van der Waals surface area contributed by atoms with Crippen molar-refractivity contribution in [3.63, 3.8) is 0 Å². The zero-order valence-corrected chi connectivity index (χ0v) is 13.8. The lowest BCUT2D eigenvalue weighted by Crippen LogP contribution is -2.51. The predicted molar refractivity (Wildman–Crippen MR) is 95.6 cm³/mol. The van der Waals surface area contributed by atoms with Crippen molar-refractivity contribution in [1.29, 1.82) is 0 Å². The monoisotopic (exact) mass is 338 g/mol. The molecule has 0 bridgehead atoms. The number of halogens is 1. The van der Waals surface area contributed by atoms with E-state index < -0.39 is 0 Å². The number of guanidine groups is 1. The fraction of sp³-hybridized carbons (Fsp3) is 0.278. The number of anilines is 1. The van der Waals surface area contributed by atoms with Crippen LogP contribution in [0.4, 0.5) is 10.3 Å². The Kier molecular flexibility index (Phi) is 5.42. The number of aromatic nitrogens is 2. The summed E-state index contributed by atoms with van der Waals surface area (Å²) in [6.45, 7) is 3.37. The number of hydrogen-bond acceptors (Lipinski definition) is 4. The Labute approximate surface area is 146 Å². The first-order valence-electron chi connectivity index (χ1n) is 8.03. The lowest BCUT2D eigenvalue weighted by molar-refractivity contribution is 0.378. The van der Waals surface area contributed by atoms with Gasteiger partial charge in [0.25, 0.3) is 0 Å². The molecule has 128 valence electrons. The molecular formula is C18H19FN6. The SMILES string of the molecule is NC(=NCC#Cc1cccc(F)c1)N1CCN(c2ncccn2)CC1. The summed E-state index contributed by atoms with van der Waals surface area (Å²) in [5.74, 6) is 6.68. The molecule has 1 aromatic carbocycles. The summed E-state index contributed by atoms with van der Waals surface area (Å²) in [6.07, 6.45) is 3.48. The number of hydrogen-bond donors (Lipinski definition) is 1. The van der Waals surface area contributed by atoms with E-state index in [0.29, 0.717) is 11.5 Å². The topological polar surface area (TPSA) is 70.6 Å². The average Bonchev–Trinajstić information content (AvgIpc) is 2.66. The first-order chi connectivity index (χ1) is 12.2. The van der Waals surface area contributed by atoms with Crippen LogP contribution in [0.2, 0.25) is 0 Å². The third-order valence-corrected chi connectivity index (χ3v) is 3.82. The van der Waals surface area contributed by atoms with Gasteiger partial charge in [0.2, 0.25) is 5.95 Å². The van der Waals surface area contributed by atoms with Crippen molar-refractivity contribution < 1.29 is 4.39 Å². The Balaban J connectivity index is 1.51. The van der Waals surface area contributed by atoms with Crippen LogP contribution in [0.5, 0.6) is 0 Å². The summed E-state index contributed by atoms with van der Waals surface area (Å²) >= 11 is 0. The quantitative estimate of drug-likeness (QED) is 0.504. The first kappa shape index (κ1) is 16.7. The van der Waals surface area contributed by atoms with E-state index in [0.717, 1.165) is 32.1 Å². The molecule has 0 spiro atoms. The molecule has 1 aliphatic rings. The first-order valence-corrected chi connectivity index (χ1v) is 8.03. The molecule has 6 nitrogen and oxygen atoms in total. The number of benzene rings is 1.